The van der Waals surface area contributed by atoms with Crippen molar-refractivity contribution < 1.29 is 0 Å². The van der Waals surface area contributed by atoms with Gasteiger partial charge in [0.2, 0.25) is 0 Å². The zero-order valence-electron chi connectivity index (χ0n) is 10.6. The van der Waals surface area contributed by atoms with E-state index in [-0.39, 0.29) is 0 Å². The van der Waals surface area contributed by atoms with Crippen LogP contribution in [-0.4, -0.2) is 25.9 Å². The Morgan fingerprint density at radius 1 is 1.13 bits per heavy atom. The van der Waals surface area contributed by atoms with Crippen molar-refractivity contribution in [1.82, 2.24) is 4.57 Å². The molecule has 2 heteroatoms. The molecule has 0 bridgehead atoms. The first-order valence-electron chi connectivity index (χ1n) is 5.68. The Morgan fingerprint density at radius 2 is 1.67 bits per heavy atom. The Labute approximate surface area is 95.2 Å². The molecule has 0 heterocycles. The molecule has 1 unspecified atom stereocenters. The SMILES string of the molecule is CC(Cc1ccccc1)N(C)[Si](C)(C)C. The fraction of sp³-hybridized carbons (Fsp3) is 0.538. The van der Waals surface area contributed by atoms with E-state index in [2.05, 4.69) is 68.5 Å². The number of benzene rings is 1. The van der Waals surface area contributed by atoms with Crippen LogP contribution in [0.25, 0.3) is 0 Å². The Balaban J connectivity index is 2.60. The highest BCUT2D eigenvalue weighted by Gasteiger charge is 2.24. The summed E-state index contributed by atoms with van der Waals surface area (Å²) in [5.41, 5.74) is 1.44. The predicted molar refractivity (Wildman–Crippen MR) is 70.7 cm³/mol. The highest BCUT2D eigenvalue weighted by Crippen LogP contribution is 2.14. The second-order valence-corrected chi connectivity index (χ2v) is 10.4. The van der Waals surface area contributed by atoms with Gasteiger partial charge in [-0.05, 0) is 26.0 Å². The number of hydrogen-bond acceptors (Lipinski definition) is 1. The summed E-state index contributed by atoms with van der Waals surface area (Å²) in [5.74, 6) is 0. The molecule has 15 heavy (non-hydrogen) atoms. The summed E-state index contributed by atoms with van der Waals surface area (Å²) >= 11 is 0. The van der Waals surface area contributed by atoms with Crippen LogP contribution in [-0.2, 0) is 6.42 Å². The van der Waals surface area contributed by atoms with E-state index in [1.807, 2.05) is 0 Å². The van der Waals surface area contributed by atoms with Crippen LogP contribution >= 0.6 is 0 Å². The van der Waals surface area contributed by atoms with Gasteiger partial charge >= 0.3 is 0 Å². The van der Waals surface area contributed by atoms with E-state index in [4.69, 9.17) is 0 Å². The van der Waals surface area contributed by atoms with Gasteiger partial charge in [0.1, 0.15) is 8.24 Å². The Kier molecular flexibility index (Phi) is 4.11. The van der Waals surface area contributed by atoms with E-state index in [0.717, 1.165) is 6.42 Å². The highest BCUT2D eigenvalue weighted by molar-refractivity contribution is 6.73. The highest BCUT2D eigenvalue weighted by atomic mass is 28.3. The Morgan fingerprint density at radius 3 is 2.13 bits per heavy atom. The summed E-state index contributed by atoms with van der Waals surface area (Å²) in [6.07, 6.45) is 1.15. The van der Waals surface area contributed by atoms with Gasteiger partial charge in [-0.1, -0.05) is 50.0 Å². The third kappa shape index (κ3) is 3.80. The van der Waals surface area contributed by atoms with Crippen molar-refractivity contribution in [1.29, 1.82) is 0 Å². The fourth-order valence-electron chi connectivity index (χ4n) is 1.75. The number of nitrogens with zero attached hydrogens (tertiary/aromatic N) is 1. The van der Waals surface area contributed by atoms with Crippen molar-refractivity contribution >= 4 is 8.24 Å². The summed E-state index contributed by atoms with van der Waals surface area (Å²) < 4.78 is 2.57. The maximum atomic E-state index is 2.57. The minimum Gasteiger partial charge on any atom is -0.324 e. The summed E-state index contributed by atoms with van der Waals surface area (Å²) in [4.78, 5) is 0. The van der Waals surface area contributed by atoms with Crippen molar-refractivity contribution in [2.75, 3.05) is 7.05 Å². The van der Waals surface area contributed by atoms with Gasteiger partial charge in [-0.15, -0.1) is 0 Å². The second kappa shape index (κ2) is 4.95. The predicted octanol–water partition coefficient (Wildman–Crippen LogP) is 3.38. The molecule has 1 aromatic rings. The van der Waals surface area contributed by atoms with Crippen LogP contribution in [0.4, 0.5) is 0 Å². The lowest BCUT2D eigenvalue weighted by Gasteiger charge is -2.35. The summed E-state index contributed by atoms with van der Waals surface area (Å²) in [7, 11) is 1.12. The number of hydrogen-bond donors (Lipinski definition) is 0. The Hall–Kier alpha value is -0.603. The maximum Gasteiger partial charge on any atom is 0.119 e. The molecule has 1 rings (SSSR count). The van der Waals surface area contributed by atoms with Gasteiger partial charge < -0.3 is 4.57 Å². The van der Waals surface area contributed by atoms with E-state index in [1.165, 1.54) is 5.56 Å². The molecule has 1 nitrogen and oxygen atoms in total. The van der Waals surface area contributed by atoms with Gasteiger partial charge in [0.25, 0.3) is 0 Å². The third-order valence-electron chi connectivity index (χ3n) is 3.09. The van der Waals surface area contributed by atoms with Gasteiger partial charge in [-0.3, -0.25) is 0 Å². The molecule has 0 aliphatic rings. The topological polar surface area (TPSA) is 3.24 Å². The monoisotopic (exact) mass is 221 g/mol. The van der Waals surface area contributed by atoms with Gasteiger partial charge in [-0.25, -0.2) is 0 Å². The van der Waals surface area contributed by atoms with Gasteiger partial charge in [-0.2, -0.15) is 0 Å². The van der Waals surface area contributed by atoms with Crippen LogP contribution in [0.2, 0.25) is 19.6 Å². The molecule has 84 valence electrons. The molecule has 0 amide bonds. The molecule has 0 spiro atoms. The molecule has 0 aliphatic heterocycles. The lowest BCUT2D eigenvalue weighted by Crippen LogP contribution is -2.48. The summed E-state index contributed by atoms with van der Waals surface area (Å²) in [6.45, 7) is 9.52. The van der Waals surface area contributed by atoms with Gasteiger partial charge in [0.15, 0.2) is 0 Å². The quantitative estimate of drug-likeness (QED) is 0.705. The summed E-state index contributed by atoms with van der Waals surface area (Å²) in [5, 5.41) is 0. The van der Waals surface area contributed by atoms with Crippen LogP contribution in [0.15, 0.2) is 30.3 Å². The van der Waals surface area contributed by atoms with Crippen LogP contribution < -0.4 is 0 Å². The molecule has 1 aromatic carbocycles. The lowest BCUT2D eigenvalue weighted by molar-refractivity contribution is 0.392. The molecule has 0 radical (unpaired) electrons. The van der Waals surface area contributed by atoms with Gasteiger partial charge in [0, 0.05) is 6.04 Å². The number of rotatable bonds is 4. The molecule has 0 aliphatic carbocycles. The zero-order chi connectivity index (χ0) is 11.5. The minimum atomic E-state index is -1.14. The van der Waals surface area contributed by atoms with E-state index in [1.54, 1.807) is 0 Å². The average molecular weight is 221 g/mol. The largest absolute Gasteiger partial charge is 0.324 e. The average Bonchev–Trinajstić information content (AvgIpc) is 2.16. The second-order valence-electron chi connectivity index (χ2n) is 5.32. The molecule has 1 atom stereocenters. The van der Waals surface area contributed by atoms with Gasteiger partial charge in [0.05, 0.1) is 0 Å². The number of likely N-dealkylation sites (N-methyl/N-ethyl adjacent to an activating group) is 1. The van der Waals surface area contributed by atoms with Crippen molar-refractivity contribution in [3.8, 4) is 0 Å². The lowest BCUT2D eigenvalue weighted by atomic mass is 10.1. The standard InChI is InChI=1S/C13H23NSi/c1-12(14(2)15(3,4)5)11-13-9-7-6-8-10-13/h6-10,12H,11H2,1-5H3. The molecule has 0 saturated carbocycles. The minimum absolute atomic E-state index is 0.638. The normalized spacial score (nSPS) is 14.3. The van der Waals surface area contributed by atoms with Crippen LogP contribution in [0.1, 0.15) is 12.5 Å². The molecule has 0 saturated heterocycles. The van der Waals surface area contributed by atoms with E-state index < -0.39 is 8.24 Å². The molecule has 0 fully saturated rings. The van der Waals surface area contributed by atoms with Crippen molar-refractivity contribution in [3.63, 3.8) is 0 Å². The first kappa shape index (κ1) is 12.5. The molecular formula is C13H23NSi. The molecular weight excluding hydrogens is 198 g/mol. The van der Waals surface area contributed by atoms with Crippen molar-refractivity contribution in [2.45, 2.75) is 39.0 Å². The van der Waals surface area contributed by atoms with Crippen molar-refractivity contribution in [2.24, 2.45) is 0 Å². The maximum absolute atomic E-state index is 2.57. The first-order valence-corrected chi connectivity index (χ1v) is 9.13. The van der Waals surface area contributed by atoms with E-state index in [9.17, 15) is 0 Å². The Bertz CT molecular complexity index is 289. The van der Waals surface area contributed by atoms with Crippen LogP contribution in [0.5, 0.6) is 0 Å². The van der Waals surface area contributed by atoms with Crippen molar-refractivity contribution in [3.05, 3.63) is 35.9 Å². The third-order valence-corrected chi connectivity index (χ3v) is 5.65. The fourth-order valence-corrected chi connectivity index (χ4v) is 3.17. The van der Waals surface area contributed by atoms with E-state index in [0.29, 0.717) is 6.04 Å². The smallest absolute Gasteiger partial charge is 0.119 e. The van der Waals surface area contributed by atoms with Crippen LogP contribution in [0, 0.1) is 0 Å². The molecule has 0 N–H and O–H groups in total. The first-order chi connectivity index (χ1) is 6.91. The van der Waals surface area contributed by atoms with Crippen LogP contribution in [0.3, 0.4) is 0 Å². The van der Waals surface area contributed by atoms with E-state index >= 15 is 0 Å². The summed E-state index contributed by atoms with van der Waals surface area (Å²) in [6, 6.07) is 11.4. The zero-order valence-corrected chi connectivity index (χ0v) is 11.6. The molecule has 0 aromatic heterocycles.